The van der Waals surface area contributed by atoms with Crippen molar-refractivity contribution in [1.29, 1.82) is 0 Å². The molecule has 18 heavy (non-hydrogen) atoms. The molecule has 1 N–H and O–H groups in total. The topological polar surface area (TPSA) is 49.8 Å². The molecule has 0 aromatic carbocycles. The standard InChI is InChI=1S/C14H25NO3/c1-13(2)10-15(8-11(9-16)18-13)12(17)14(3)6-4-5-7-14/h11,16H,4-10H2,1-3H3. The third-order valence-corrected chi connectivity index (χ3v) is 4.20. The van der Waals surface area contributed by atoms with Gasteiger partial charge in [0, 0.05) is 18.5 Å². The quantitative estimate of drug-likeness (QED) is 0.814. The van der Waals surface area contributed by atoms with Crippen LogP contribution in [-0.2, 0) is 9.53 Å². The summed E-state index contributed by atoms with van der Waals surface area (Å²) in [4.78, 5) is 14.6. The average molecular weight is 255 g/mol. The van der Waals surface area contributed by atoms with Crippen LogP contribution < -0.4 is 0 Å². The van der Waals surface area contributed by atoms with Crippen LogP contribution in [0.3, 0.4) is 0 Å². The Morgan fingerprint density at radius 1 is 1.33 bits per heavy atom. The van der Waals surface area contributed by atoms with Gasteiger partial charge in [-0.05, 0) is 26.7 Å². The smallest absolute Gasteiger partial charge is 0.228 e. The molecule has 2 fully saturated rings. The second-order valence-electron chi connectivity index (χ2n) is 6.64. The maximum Gasteiger partial charge on any atom is 0.228 e. The minimum absolute atomic E-state index is 0.0239. The van der Waals surface area contributed by atoms with E-state index in [1.165, 1.54) is 0 Å². The van der Waals surface area contributed by atoms with Gasteiger partial charge in [-0.15, -0.1) is 0 Å². The Morgan fingerprint density at radius 2 is 1.94 bits per heavy atom. The fourth-order valence-electron chi connectivity index (χ4n) is 3.30. The first-order valence-corrected chi connectivity index (χ1v) is 6.94. The molecule has 1 amide bonds. The molecule has 4 heteroatoms. The van der Waals surface area contributed by atoms with Crippen LogP contribution >= 0.6 is 0 Å². The number of amides is 1. The van der Waals surface area contributed by atoms with Gasteiger partial charge in [0.25, 0.3) is 0 Å². The van der Waals surface area contributed by atoms with Crippen LogP contribution in [0, 0.1) is 5.41 Å². The summed E-state index contributed by atoms with van der Waals surface area (Å²) in [5.41, 5.74) is -0.552. The van der Waals surface area contributed by atoms with Crippen LogP contribution in [0.2, 0.25) is 0 Å². The Balaban J connectivity index is 2.09. The summed E-state index contributed by atoms with van der Waals surface area (Å²) in [5.74, 6) is 0.245. The molecule has 1 heterocycles. The van der Waals surface area contributed by atoms with Crippen LogP contribution in [0.5, 0.6) is 0 Å². The van der Waals surface area contributed by atoms with Gasteiger partial charge in [-0.1, -0.05) is 19.8 Å². The number of hydrogen-bond donors (Lipinski definition) is 1. The molecular formula is C14H25NO3. The van der Waals surface area contributed by atoms with E-state index in [2.05, 4.69) is 6.92 Å². The Labute approximate surface area is 109 Å². The van der Waals surface area contributed by atoms with Gasteiger partial charge < -0.3 is 14.7 Å². The molecule has 1 saturated carbocycles. The highest BCUT2D eigenvalue weighted by Crippen LogP contribution is 2.40. The first kappa shape index (κ1) is 13.8. The SMILES string of the molecule is CC1(C)CN(C(=O)C2(C)CCCC2)CC(CO)O1. The lowest BCUT2D eigenvalue weighted by molar-refractivity contribution is -0.173. The fraction of sp³-hybridized carbons (Fsp3) is 0.929. The van der Waals surface area contributed by atoms with E-state index in [1.54, 1.807) is 0 Å². The zero-order chi connectivity index (χ0) is 13.4. The van der Waals surface area contributed by atoms with E-state index in [9.17, 15) is 9.90 Å². The molecule has 2 aliphatic rings. The molecule has 0 spiro atoms. The van der Waals surface area contributed by atoms with Crippen LogP contribution in [-0.4, -0.2) is 47.3 Å². The minimum Gasteiger partial charge on any atom is -0.394 e. The molecular weight excluding hydrogens is 230 g/mol. The van der Waals surface area contributed by atoms with Gasteiger partial charge >= 0.3 is 0 Å². The van der Waals surface area contributed by atoms with Crippen molar-refractivity contribution in [3.63, 3.8) is 0 Å². The summed E-state index contributed by atoms with van der Waals surface area (Å²) >= 11 is 0. The van der Waals surface area contributed by atoms with Crippen molar-refractivity contribution in [3.05, 3.63) is 0 Å². The van der Waals surface area contributed by atoms with Gasteiger partial charge in [-0.25, -0.2) is 0 Å². The molecule has 4 nitrogen and oxygen atoms in total. The summed E-state index contributed by atoms with van der Waals surface area (Å²) in [7, 11) is 0. The monoisotopic (exact) mass is 255 g/mol. The number of ether oxygens (including phenoxy) is 1. The predicted molar refractivity (Wildman–Crippen MR) is 69.2 cm³/mol. The Kier molecular flexibility index (Phi) is 3.70. The van der Waals surface area contributed by atoms with Crippen LogP contribution in [0.4, 0.5) is 0 Å². The third kappa shape index (κ3) is 2.69. The van der Waals surface area contributed by atoms with Gasteiger partial charge in [0.15, 0.2) is 0 Å². The zero-order valence-corrected chi connectivity index (χ0v) is 11.7. The van der Waals surface area contributed by atoms with Crippen molar-refractivity contribution >= 4 is 5.91 Å². The largest absolute Gasteiger partial charge is 0.394 e. The molecule has 1 atom stereocenters. The van der Waals surface area contributed by atoms with E-state index >= 15 is 0 Å². The normalized spacial score (nSPS) is 30.4. The molecule has 0 aromatic rings. The van der Waals surface area contributed by atoms with Gasteiger partial charge in [-0.2, -0.15) is 0 Å². The molecule has 0 radical (unpaired) electrons. The van der Waals surface area contributed by atoms with Gasteiger partial charge in [-0.3, -0.25) is 4.79 Å². The van der Waals surface area contributed by atoms with Crippen LogP contribution in [0.25, 0.3) is 0 Å². The molecule has 0 bridgehead atoms. The van der Waals surface area contributed by atoms with Crippen molar-refractivity contribution in [2.45, 2.75) is 58.2 Å². The second-order valence-corrected chi connectivity index (χ2v) is 6.64. The van der Waals surface area contributed by atoms with Gasteiger partial charge in [0.1, 0.15) is 0 Å². The molecule has 1 aliphatic heterocycles. The van der Waals surface area contributed by atoms with Gasteiger partial charge in [0.05, 0.1) is 18.3 Å². The highest BCUT2D eigenvalue weighted by Gasteiger charge is 2.43. The van der Waals surface area contributed by atoms with Crippen molar-refractivity contribution in [2.75, 3.05) is 19.7 Å². The summed E-state index contributed by atoms with van der Waals surface area (Å²) in [5, 5.41) is 9.29. The van der Waals surface area contributed by atoms with Crippen LogP contribution in [0.1, 0.15) is 46.5 Å². The van der Waals surface area contributed by atoms with E-state index in [0.717, 1.165) is 25.7 Å². The maximum atomic E-state index is 12.7. The number of carbonyl (C=O) groups excluding carboxylic acids is 1. The summed E-state index contributed by atoms with van der Waals surface area (Å²) in [6, 6.07) is 0. The van der Waals surface area contributed by atoms with Crippen molar-refractivity contribution in [3.8, 4) is 0 Å². The van der Waals surface area contributed by atoms with Crippen molar-refractivity contribution in [2.24, 2.45) is 5.41 Å². The summed E-state index contributed by atoms with van der Waals surface area (Å²) in [6.45, 7) is 7.16. The number of aliphatic hydroxyl groups is 1. The lowest BCUT2D eigenvalue weighted by Gasteiger charge is -2.44. The van der Waals surface area contributed by atoms with E-state index in [1.807, 2.05) is 18.7 Å². The number of nitrogens with zero attached hydrogens (tertiary/aromatic N) is 1. The number of aliphatic hydroxyl groups excluding tert-OH is 1. The first-order valence-electron chi connectivity index (χ1n) is 6.94. The molecule has 1 aliphatic carbocycles. The second kappa shape index (κ2) is 4.82. The zero-order valence-electron chi connectivity index (χ0n) is 11.7. The first-order chi connectivity index (χ1) is 8.36. The third-order valence-electron chi connectivity index (χ3n) is 4.20. The van der Waals surface area contributed by atoms with Crippen molar-refractivity contribution in [1.82, 2.24) is 4.90 Å². The Hall–Kier alpha value is -0.610. The maximum absolute atomic E-state index is 12.7. The predicted octanol–water partition coefficient (Wildman–Crippen LogP) is 1.56. The number of rotatable bonds is 2. The summed E-state index contributed by atoms with van der Waals surface area (Å²) < 4.78 is 5.76. The van der Waals surface area contributed by atoms with E-state index < -0.39 is 0 Å². The fourth-order valence-corrected chi connectivity index (χ4v) is 3.30. The number of hydrogen-bond acceptors (Lipinski definition) is 3. The lowest BCUT2D eigenvalue weighted by Crippen LogP contribution is -2.57. The van der Waals surface area contributed by atoms with Crippen molar-refractivity contribution < 1.29 is 14.6 Å². The van der Waals surface area contributed by atoms with Crippen LogP contribution in [0.15, 0.2) is 0 Å². The highest BCUT2D eigenvalue weighted by atomic mass is 16.5. The Morgan fingerprint density at radius 3 is 2.50 bits per heavy atom. The number of morpholine rings is 1. The average Bonchev–Trinajstić information content (AvgIpc) is 2.74. The minimum atomic E-state index is -0.365. The molecule has 1 saturated heterocycles. The van der Waals surface area contributed by atoms with E-state index in [4.69, 9.17) is 4.74 Å². The summed E-state index contributed by atoms with van der Waals surface area (Å²) in [6.07, 6.45) is 4.04. The van der Waals surface area contributed by atoms with Gasteiger partial charge in [0.2, 0.25) is 5.91 Å². The highest BCUT2D eigenvalue weighted by molar-refractivity contribution is 5.82. The molecule has 104 valence electrons. The molecule has 1 unspecified atom stereocenters. The molecule has 0 aromatic heterocycles. The van der Waals surface area contributed by atoms with E-state index in [0.29, 0.717) is 13.1 Å². The van der Waals surface area contributed by atoms with E-state index in [-0.39, 0.29) is 29.6 Å². The lowest BCUT2D eigenvalue weighted by atomic mass is 9.86. The number of carbonyl (C=O) groups is 1. The molecule has 2 rings (SSSR count). The Bertz CT molecular complexity index is 321.